The lowest BCUT2D eigenvalue weighted by atomic mass is 9.89. The van der Waals surface area contributed by atoms with Gasteiger partial charge in [0.2, 0.25) is 5.91 Å². The molecule has 0 spiro atoms. The fourth-order valence-corrected chi connectivity index (χ4v) is 1.97. The third kappa shape index (κ3) is 6.69. The van der Waals surface area contributed by atoms with E-state index < -0.39 is 11.4 Å². The Hall–Kier alpha value is -2.08. The van der Waals surface area contributed by atoms with Gasteiger partial charge in [-0.1, -0.05) is 0 Å². The number of nitrogens with one attached hydrogen (secondary N) is 2. The van der Waals surface area contributed by atoms with Crippen LogP contribution in [0.25, 0.3) is 0 Å². The standard InChI is InChI=1S/C17H26N2O4/c1-12(18-10-9-17(2,3)16(21)22)11-15(20)19-13-5-7-14(23-4)8-6-13/h5-8,12,18H,9-11H2,1-4H3,(H,19,20)(H,21,22). The molecule has 3 N–H and O–H groups in total. The first-order valence-electron chi connectivity index (χ1n) is 7.65. The third-order valence-corrected chi connectivity index (χ3v) is 3.69. The van der Waals surface area contributed by atoms with E-state index in [0.29, 0.717) is 19.4 Å². The number of hydrogen-bond acceptors (Lipinski definition) is 4. The Morgan fingerprint density at radius 2 is 1.87 bits per heavy atom. The smallest absolute Gasteiger partial charge is 0.309 e. The largest absolute Gasteiger partial charge is 0.497 e. The predicted octanol–water partition coefficient (Wildman–Crippen LogP) is 2.50. The topological polar surface area (TPSA) is 87.7 Å². The number of rotatable bonds is 9. The van der Waals surface area contributed by atoms with Crippen LogP contribution in [-0.2, 0) is 9.59 Å². The van der Waals surface area contributed by atoms with Gasteiger partial charge in [0, 0.05) is 18.2 Å². The Kier molecular flexibility index (Phi) is 7.03. The summed E-state index contributed by atoms with van der Waals surface area (Å²) in [6.45, 7) is 5.84. The lowest BCUT2D eigenvalue weighted by molar-refractivity contribution is -0.147. The normalized spacial score (nSPS) is 12.5. The Labute approximate surface area is 137 Å². The molecule has 0 fully saturated rings. The molecule has 0 heterocycles. The number of benzene rings is 1. The van der Waals surface area contributed by atoms with Crippen LogP contribution >= 0.6 is 0 Å². The molecule has 0 saturated carbocycles. The van der Waals surface area contributed by atoms with Crippen LogP contribution in [0, 0.1) is 5.41 Å². The highest BCUT2D eigenvalue weighted by Crippen LogP contribution is 2.19. The summed E-state index contributed by atoms with van der Waals surface area (Å²) >= 11 is 0. The summed E-state index contributed by atoms with van der Waals surface area (Å²) in [6.07, 6.45) is 0.826. The van der Waals surface area contributed by atoms with Crippen molar-refractivity contribution in [3.8, 4) is 5.75 Å². The van der Waals surface area contributed by atoms with E-state index in [2.05, 4.69) is 10.6 Å². The maximum Gasteiger partial charge on any atom is 0.309 e. The Bertz CT molecular complexity index is 526. The summed E-state index contributed by atoms with van der Waals surface area (Å²) < 4.78 is 5.06. The van der Waals surface area contributed by atoms with Crippen molar-refractivity contribution in [2.75, 3.05) is 19.0 Å². The summed E-state index contributed by atoms with van der Waals surface area (Å²) in [5.74, 6) is -0.170. The zero-order chi connectivity index (χ0) is 17.5. The number of ether oxygens (including phenoxy) is 1. The lowest BCUT2D eigenvalue weighted by Gasteiger charge is -2.21. The van der Waals surface area contributed by atoms with Crippen molar-refractivity contribution < 1.29 is 19.4 Å². The number of carboxylic acids is 1. The number of aliphatic carboxylic acids is 1. The van der Waals surface area contributed by atoms with Gasteiger partial charge in [-0.15, -0.1) is 0 Å². The van der Waals surface area contributed by atoms with Gasteiger partial charge in [-0.2, -0.15) is 0 Å². The van der Waals surface area contributed by atoms with Crippen LogP contribution in [0.2, 0.25) is 0 Å². The zero-order valence-electron chi connectivity index (χ0n) is 14.2. The fourth-order valence-electron chi connectivity index (χ4n) is 1.97. The zero-order valence-corrected chi connectivity index (χ0v) is 14.2. The molecule has 0 saturated heterocycles. The quantitative estimate of drug-likeness (QED) is 0.650. The first kappa shape index (κ1) is 19.0. The molecule has 0 aromatic heterocycles. The van der Waals surface area contributed by atoms with Gasteiger partial charge in [0.05, 0.1) is 12.5 Å². The summed E-state index contributed by atoms with van der Waals surface area (Å²) in [5, 5.41) is 15.1. The van der Waals surface area contributed by atoms with Crippen LogP contribution in [0.4, 0.5) is 5.69 Å². The van der Waals surface area contributed by atoms with Gasteiger partial charge >= 0.3 is 5.97 Å². The van der Waals surface area contributed by atoms with Crippen LogP contribution in [0.3, 0.4) is 0 Å². The van der Waals surface area contributed by atoms with Crippen LogP contribution in [0.15, 0.2) is 24.3 Å². The van der Waals surface area contributed by atoms with Gasteiger partial charge in [0.25, 0.3) is 0 Å². The summed E-state index contributed by atoms with van der Waals surface area (Å²) in [6, 6.07) is 7.10. The summed E-state index contributed by atoms with van der Waals surface area (Å²) in [4.78, 5) is 23.0. The molecule has 6 heteroatoms. The van der Waals surface area contributed by atoms with Gasteiger partial charge in [-0.25, -0.2) is 0 Å². The second-order valence-electron chi connectivity index (χ2n) is 6.28. The molecule has 128 valence electrons. The molecule has 1 aromatic carbocycles. The number of methoxy groups -OCH3 is 1. The predicted molar refractivity (Wildman–Crippen MR) is 89.7 cm³/mol. The number of carboxylic acid groups (broad SMARTS) is 1. The monoisotopic (exact) mass is 322 g/mol. The van der Waals surface area contributed by atoms with E-state index in [1.807, 2.05) is 6.92 Å². The van der Waals surface area contributed by atoms with Crippen molar-refractivity contribution in [1.82, 2.24) is 5.32 Å². The van der Waals surface area contributed by atoms with Crippen LogP contribution in [0.1, 0.15) is 33.6 Å². The Morgan fingerprint density at radius 3 is 2.39 bits per heavy atom. The molecule has 1 unspecified atom stereocenters. The Morgan fingerprint density at radius 1 is 1.26 bits per heavy atom. The van der Waals surface area contributed by atoms with E-state index in [0.717, 1.165) is 11.4 Å². The van der Waals surface area contributed by atoms with Crippen molar-refractivity contribution in [3.05, 3.63) is 24.3 Å². The SMILES string of the molecule is COc1ccc(NC(=O)CC(C)NCCC(C)(C)C(=O)O)cc1. The van der Waals surface area contributed by atoms with E-state index in [-0.39, 0.29) is 11.9 Å². The molecule has 1 atom stereocenters. The average molecular weight is 322 g/mol. The molecule has 1 rings (SSSR count). The third-order valence-electron chi connectivity index (χ3n) is 3.69. The van der Waals surface area contributed by atoms with E-state index in [4.69, 9.17) is 9.84 Å². The fraction of sp³-hybridized carbons (Fsp3) is 0.529. The molecular formula is C17H26N2O4. The summed E-state index contributed by atoms with van der Waals surface area (Å²) in [7, 11) is 1.59. The molecule has 1 aromatic rings. The van der Waals surface area contributed by atoms with Crippen molar-refractivity contribution in [2.24, 2.45) is 5.41 Å². The number of amides is 1. The number of anilines is 1. The van der Waals surface area contributed by atoms with Gasteiger partial charge in [-0.3, -0.25) is 9.59 Å². The summed E-state index contributed by atoms with van der Waals surface area (Å²) in [5.41, 5.74) is -0.0482. The van der Waals surface area contributed by atoms with Crippen molar-refractivity contribution in [2.45, 2.75) is 39.7 Å². The molecule has 0 radical (unpaired) electrons. The number of hydrogen-bond donors (Lipinski definition) is 3. The molecular weight excluding hydrogens is 296 g/mol. The highest BCUT2D eigenvalue weighted by atomic mass is 16.5. The maximum absolute atomic E-state index is 12.0. The van der Waals surface area contributed by atoms with Crippen LogP contribution < -0.4 is 15.4 Å². The van der Waals surface area contributed by atoms with Crippen LogP contribution in [-0.4, -0.2) is 36.7 Å². The van der Waals surface area contributed by atoms with Crippen molar-refractivity contribution >= 4 is 17.6 Å². The van der Waals surface area contributed by atoms with Crippen molar-refractivity contribution in [1.29, 1.82) is 0 Å². The molecule has 23 heavy (non-hydrogen) atoms. The molecule has 0 aliphatic heterocycles. The van der Waals surface area contributed by atoms with Gasteiger partial charge in [0.15, 0.2) is 0 Å². The van der Waals surface area contributed by atoms with E-state index in [9.17, 15) is 9.59 Å². The lowest BCUT2D eigenvalue weighted by Crippen LogP contribution is -2.35. The molecule has 0 aliphatic carbocycles. The maximum atomic E-state index is 12.0. The van der Waals surface area contributed by atoms with E-state index in [1.165, 1.54) is 0 Å². The number of carbonyl (C=O) groups is 2. The molecule has 0 bridgehead atoms. The van der Waals surface area contributed by atoms with Gasteiger partial charge in [0.1, 0.15) is 5.75 Å². The number of carbonyl (C=O) groups excluding carboxylic acids is 1. The molecule has 1 amide bonds. The minimum Gasteiger partial charge on any atom is -0.497 e. The minimum atomic E-state index is -0.816. The minimum absolute atomic E-state index is 0.0298. The molecule has 6 nitrogen and oxygen atoms in total. The van der Waals surface area contributed by atoms with E-state index in [1.54, 1.807) is 45.2 Å². The second-order valence-corrected chi connectivity index (χ2v) is 6.28. The Balaban J connectivity index is 2.34. The highest BCUT2D eigenvalue weighted by molar-refractivity contribution is 5.91. The van der Waals surface area contributed by atoms with Gasteiger partial charge in [-0.05, 0) is 58.0 Å². The second kappa shape index (κ2) is 8.53. The first-order valence-corrected chi connectivity index (χ1v) is 7.65. The molecule has 0 aliphatic rings. The van der Waals surface area contributed by atoms with E-state index >= 15 is 0 Å². The van der Waals surface area contributed by atoms with Gasteiger partial charge < -0.3 is 20.5 Å². The van der Waals surface area contributed by atoms with Crippen molar-refractivity contribution in [3.63, 3.8) is 0 Å². The highest BCUT2D eigenvalue weighted by Gasteiger charge is 2.26. The van der Waals surface area contributed by atoms with Crippen LogP contribution in [0.5, 0.6) is 5.75 Å². The average Bonchev–Trinajstić information content (AvgIpc) is 2.47. The first-order chi connectivity index (χ1) is 10.7.